The Balaban J connectivity index is 1.85. The van der Waals surface area contributed by atoms with Crippen molar-refractivity contribution in [3.05, 3.63) is 68.0 Å². The Morgan fingerprint density at radius 2 is 1.12 bits per heavy atom. The van der Waals surface area contributed by atoms with Crippen LogP contribution in [0.5, 0.6) is 0 Å². The molecule has 0 amide bonds. The minimum atomic E-state index is 0.955. The third-order valence-electron chi connectivity index (χ3n) is 4.02. The maximum absolute atomic E-state index is 2.47. The zero-order chi connectivity index (χ0) is 17.1. The molecule has 0 aliphatic heterocycles. The van der Waals surface area contributed by atoms with Gasteiger partial charge in [-0.2, -0.15) is 0 Å². The van der Waals surface area contributed by atoms with Gasteiger partial charge in [0.05, 0.1) is 13.1 Å². The van der Waals surface area contributed by atoms with E-state index in [0.29, 0.717) is 0 Å². The van der Waals surface area contributed by atoms with E-state index in [9.17, 15) is 0 Å². The van der Waals surface area contributed by atoms with Gasteiger partial charge >= 0.3 is 0 Å². The lowest BCUT2D eigenvalue weighted by Gasteiger charge is -2.24. The number of hydrogen-bond donors (Lipinski definition) is 0. The molecule has 0 saturated carbocycles. The van der Waals surface area contributed by atoms with Gasteiger partial charge in [0.25, 0.3) is 0 Å². The van der Waals surface area contributed by atoms with Gasteiger partial charge in [0.15, 0.2) is 0 Å². The Labute approximate surface area is 153 Å². The molecule has 2 nitrogen and oxygen atoms in total. The Kier molecular flexibility index (Phi) is 5.27. The smallest absolute Gasteiger partial charge is 0.0527 e. The summed E-state index contributed by atoms with van der Waals surface area (Å²) in [5.41, 5.74) is 2.51. The van der Waals surface area contributed by atoms with E-state index < -0.39 is 0 Å². The maximum atomic E-state index is 2.47. The molecule has 0 atom stereocenters. The predicted octanol–water partition coefficient (Wildman–Crippen LogP) is 5.70. The number of hydrogen-bond acceptors (Lipinski definition) is 4. The van der Waals surface area contributed by atoms with Crippen molar-refractivity contribution in [1.82, 2.24) is 0 Å². The minimum absolute atomic E-state index is 0.955. The molecule has 0 bridgehead atoms. The molecular weight excluding hydrogens is 332 g/mol. The predicted molar refractivity (Wildman–Crippen MR) is 109 cm³/mol. The highest BCUT2D eigenvalue weighted by molar-refractivity contribution is 7.12. The van der Waals surface area contributed by atoms with Crippen LogP contribution in [0.4, 0.5) is 11.4 Å². The minimum Gasteiger partial charge on any atom is -0.378 e. The second-order valence-corrected chi connectivity index (χ2v) is 9.04. The summed E-state index contributed by atoms with van der Waals surface area (Å²) in [6.45, 7) is 6.26. The topological polar surface area (TPSA) is 6.48 Å². The highest BCUT2D eigenvalue weighted by atomic mass is 32.1. The fourth-order valence-electron chi connectivity index (χ4n) is 2.72. The van der Waals surface area contributed by atoms with E-state index in [-0.39, 0.29) is 0 Å². The first-order chi connectivity index (χ1) is 11.5. The third kappa shape index (κ3) is 4.19. The number of rotatable bonds is 6. The zero-order valence-corrected chi connectivity index (χ0v) is 16.4. The number of aryl methyl sites for hydroxylation is 2. The molecule has 0 saturated heterocycles. The zero-order valence-electron chi connectivity index (χ0n) is 14.7. The van der Waals surface area contributed by atoms with Crippen LogP contribution in [0.1, 0.15) is 19.5 Å². The summed E-state index contributed by atoms with van der Waals surface area (Å²) in [6, 6.07) is 17.8. The number of anilines is 2. The Bertz CT molecular complexity index is 742. The van der Waals surface area contributed by atoms with Gasteiger partial charge in [0.2, 0.25) is 0 Å². The summed E-state index contributed by atoms with van der Waals surface area (Å²) < 4.78 is 0. The highest BCUT2D eigenvalue weighted by Gasteiger charge is 2.11. The summed E-state index contributed by atoms with van der Waals surface area (Å²) >= 11 is 3.78. The van der Waals surface area contributed by atoms with Crippen molar-refractivity contribution in [2.45, 2.75) is 26.9 Å². The molecule has 0 radical (unpaired) electrons. The molecule has 0 unspecified atom stereocenters. The van der Waals surface area contributed by atoms with Gasteiger partial charge in [0, 0.05) is 45.0 Å². The first-order valence-corrected chi connectivity index (χ1v) is 9.77. The summed E-state index contributed by atoms with van der Waals surface area (Å²) in [6.07, 6.45) is 0. The average Bonchev–Trinajstić information content (AvgIpc) is 3.15. The fraction of sp³-hybridized carbons (Fsp3) is 0.300. The van der Waals surface area contributed by atoms with Crippen LogP contribution in [0.15, 0.2) is 48.5 Å². The lowest BCUT2D eigenvalue weighted by molar-refractivity contribution is 0.819. The molecular formula is C20H24N2S2. The van der Waals surface area contributed by atoms with Crippen LogP contribution in [0.25, 0.3) is 0 Å². The number of thiophene rings is 2. The molecule has 0 N–H and O–H groups in total. The van der Waals surface area contributed by atoms with Crippen LogP contribution in [0.3, 0.4) is 0 Å². The van der Waals surface area contributed by atoms with Crippen molar-refractivity contribution in [3.8, 4) is 0 Å². The summed E-state index contributed by atoms with van der Waals surface area (Å²) in [5, 5.41) is 0. The van der Waals surface area contributed by atoms with E-state index in [0.717, 1.165) is 13.1 Å². The molecule has 0 fully saturated rings. The highest BCUT2D eigenvalue weighted by Crippen LogP contribution is 2.27. The van der Waals surface area contributed by atoms with Crippen LogP contribution in [0.2, 0.25) is 0 Å². The SMILES string of the molecule is Cc1ccc(CN(Cc2ccc(C)s2)c2ccc(N(C)C)cc2)s1. The summed E-state index contributed by atoms with van der Waals surface area (Å²) in [4.78, 5) is 10.2. The van der Waals surface area contributed by atoms with E-state index in [1.54, 1.807) is 0 Å². The lowest BCUT2D eigenvalue weighted by atomic mass is 10.2. The van der Waals surface area contributed by atoms with E-state index in [1.807, 2.05) is 22.7 Å². The van der Waals surface area contributed by atoms with Gasteiger partial charge in [-0.25, -0.2) is 0 Å². The lowest BCUT2D eigenvalue weighted by Crippen LogP contribution is -2.21. The fourth-order valence-corrected chi connectivity index (χ4v) is 4.53. The molecule has 2 heterocycles. The molecule has 126 valence electrons. The monoisotopic (exact) mass is 356 g/mol. The van der Waals surface area contributed by atoms with Crippen molar-refractivity contribution in [1.29, 1.82) is 0 Å². The molecule has 2 aromatic heterocycles. The molecule has 0 aliphatic carbocycles. The van der Waals surface area contributed by atoms with Crippen LogP contribution >= 0.6 is 22.7 Å². The Hall–Kier alpha value is -1.78. The molecule has 24 heavy (non-hydrogen) atoms. The molecule has 0 aliphatic rings. The van der Waals surface area contributed by atoms with Gasteiger partial charge in [-0.3, -0.25) is 0 Å². The quantitative estimate of drug-likeness (QED) is 0.559. The summed E-state index contributed by atoms with van der Waals surface area (Å²) in [7, 11) is 4.16. The first kappa shape index (κ1) is 17.1. The normalized spacial score (nSPS) is 10.8. The Morgan fingerprint density at radius 3 is 1.50 bits per heavy atom. The van der Waals surface area contributed by atoms with E-state index in [4.69, 9.17) is 0 Å². The largest absolute Gasteiger partial charge is 0.378 e. The van der Waals surface area contributed by atoms with Crippen LogP contribution in [0, 0.1) is 13.8 Å². The van der Waals surface area contributed by atoms with E-state index >= 15 is 0 Å². The van der Waals surface area contributed by atoms with Gasteiger partial charge in [-0.1, -0.05) is 0 Å². The molecule has 3 aromatic rings. The van der Waals surface area contributed by atoms with Crippen molar-refractivity contribution in [2.24, 2.45) is 0 Å². The molecule has 1 aromatic carbocycles. The molecule has 3 rings (SSSR count). The second kappa shape index (κ2) is 7.41. The van der Waals surface area contributed by atoms with Crippen molar-refractivity contribution < 1.29 is 0 Å². The summed E-state index contributed by atoms with van der Waals surface area (Å²) in [5.74, 6) is 0. The third-order valence-corrected chi connectivity index (χ3v) is 5.99. The van der Waals surface area contributed by atoms with Crippen molar-refractivity contribution >= 4 is 34.0 Å². The Morgan fingerprint density at radius 1 is 0.667 bits per heavy atom. The van der Waals surface area contributed by atoms with Gasteiger partial charge in [-0.05, 0) is 62.4 Å². The number of nitrogens with zero attached hydrogens (tertiary/aromatic N) is 2. The van der Waals surface area contributed by atoms with Crippen LogP contribution in [-0.4, -0.2) is 14.1 Å². The van der Waals surface area contributed by atoms with E-state index in [2.05, 4.69) is 86.3 Å². The van der Waals surface area contributed by atoms with Gasteiger partial charge in [-0.15, -0.1) is 22.7 Å². The van der Waals surface area contributed by atoms with Crippen LogP contribution < -0.4 is 9.80 Å². The van der Waals surface area contributed by atoms with E-state index in [1.165, 1.54) is 30.9 Å². The van der Waals surface area contributed by atoms with Gasteiger partial charge < -0.3 is 9.80 Å². The van der Waals surface area contributed by atoms with Gasteiger partial charge in [0.1, 0.15) is 0 Å². The standard InChI is InChI=1S/C20H24N2S2/c1-15-5-11-19(23-15)13-22(14-20-12-6-16(2)24-20)18-9-7-17(8-10-18)21(3)4/h5-12H,13-14H2,1-4H3. The van der Waals surface area contributed by atoms with Crippen molar-refractivity contribution in [2.75, 3.05) is 23.9 Å². The average molecular weight is 357 g/mol. The second-order valence-electron chi connectivity index (χ2n) is 6.29. The van der Waals surface area contributed by atoms with Crippen LogP contribution in [-0.2, 0) is 13.1 Å². The first-order valence-electron chi connectivity index (χ1n) is 8.14. The number of benzene rings is 1. The van der Waals surface area contributed by atoms with Crippen molar-refractivity contribution in [3.63, 3.8) is 0 Å². The molecule has 0 spiro atoms. The maximum Gasteiger partial charge on any atom is 0.0527 e. The molecule has 4 heteroatoms.